The first kappa shape index (κ1) is 10.5. The van der Waals surface area contributed by atoms with Gasteiger partial charge in [-0.05, 0) is 32.9 Å². The molecule has 1 saturated heterocycles. The van der Waals surface area contributed by atoms with Crippen molar-refractivity contribution >= 4 is 5.97 Å². The first-order valence-electron chi connectivity index (χ1n) is 4.70. The van der Waals surface area contributed by atoms with E-state index in [1.807, 2.05) is 0 Å². The van der Waals surface area contributed by atoms with Crippen LogP contribution in [-0.2, 0) is 9.53 Å². The molecule has 0 saturated carbocycles. The predicted molar refractivity (Wildman–Crippen MR) is 48.7 cm³/mol. The van der Waals surface area contributed by atoms with Crippen molar-refractivity contribution in [3.63, 3.8) is 0 Å². The molecule has 0 amide bonds. The van der Waals surface area contributed by atoms with Crippen LogP contribution in [0.25, 0.3) is 0 Å². The van der Waals surface area contributed by atoms with E-state index < -0.39 is 5.97 Å². The van der Waals surface area contributed by atoms with Gasteiger partial charge < -0.3 is 14.7 Å². The molecule has 0 bridgehead atoms. The van der Waals surface area contributed by atoms with Crippen molar-refractivity contribution in [2.24, 2.45) is 0 Å². The summed E-state index contributed by atoms with van der Waals surface area (Å²) in [5.74, 6) is -0.877. The van der Waals surface area contributed by atoms with Crippen LogP contribution in [0.1, 0.15) is 19.3 Å². The van der Waals surface area contributed by atoms with Crippen molar-refractivity contribution in [3.8, 4) is 0 Å². The lowest BCUT2D eigenvalue weighted by Crippen LogP contribution is -2.21. The lowest BCUT2D eigenvalue weighted by molar-refractivity contribution is -0.144. The number of ether oxygens (including phenoxy) is 1. The van der Waals surface area contributed by atoms with Crippen LogP contribution in [0.5, 0.6) is 0 Å². The lowest BCUT2D eigenvalue weighted by Gasteiger charge is -2.14. The van der Waals surface area contributed by atoms with Crippen LogP contribution in [0, 0.1) is 0 Å². The minimum Gasteiger partial charge on any atom is -0.480 e. The molecule has 0 spiro atoms. The molecule has 0 aromatic heterocycles. The number of rotatable bonds is 3. The second-order valence-corrected chi connectivity index (χ2v) is 3.56. The van der Waals surface area contributed by atoms with Gasteiger partial charge in [-0.2, -0.15) is 0 Å². The highest BCUT2D eigenvalue weighted by atomic mass is 16.5. The number of hydrogen-bond donors (Lipinski definition) is 1. The molecule has 1 unspecified atom stereocenters. The standard InChI is InChI=1S/C9H17NO3/c1-10-5-2-3-8(4-6-10)13-7-9(11)12/h8H,2-7H2,1H3,(H,11,12). The molecule has 1 N–H and O–H groups in total. The zero-order chi connectivity index (χ0) is 9.68. The summed E-state index contributed by atoms with van der Waals surface area (Å²) in [6.07, 6.45) is 3.17. The molecule has 1 heterocycles. The van der Waals surface area contributed by atoms with E-state index in [0.29, 0.717) is 0 Å². The summed E-state index contributed by atoms with van der Waals surface area (Å²) >= 11 is 0. The second-order valence-electron chi connectivity index (χ2n) is 3.56. The Morgan fingerprint density at radius 2 is 2.31 bits per heavy atom. The van der Waals surface area contributed by atoms with Gasteiger partial charge in [-0.1, -0.05) is 0 Å². The van der Waals surface area contributed by atoms with E-state index in [1.165, 1.54) is 0 Å². The van der Waals surface area contributed by atoms with Crippen molar-refractivity contribution < 1.29 is 14.6 Å². The van der Waals surface area contributed by atoms with Gasteiger partial charge in [0, 0.05) is 6.54 Å². The topological polar surface area (TPSA) is 49.8 Å². The number of hydrogen-bond acceptors (Lipinski definition) is 3. The average Bonchev–Trinajstić information content (AvgIpc) is 2.27. The second kappa shape index (κ2) is 5.19. The van der Waals surface area contributed by atoms with Gasteiger partial charge >= 0.3 is 5.97 Å². The third-order valence-electron chi connectivity index (χ3n) is 2.34. The molecule has 0 aliphatic carbocycles. The molecule has 1 rings (SSSR count). The summed E-state index contributed by atoms with van der Waals surface area (Å²) < 4.78 is 5.25. The zero-order valence-electron chi connectivity index (χ0n) is 8.03. The summed E-state index contributed by atoms with van der Waals surface area (Å²) in [6, 6.07) is 0. The maximum atomic E-state index is 10.3. The van der Waals surface area contributed by atoms with Gasteiger partial charge in [-0.15, -0.1) is 0 Å². The van der Waals surface area contributed by atoms with Gasteiger partial charge in [0.15, 0.2) is 0 Å². The summed E-state index contributed by atoms with van der Waals surface area (Å²) in [5.41, 5.74) is 0. The van der Waals surface area contributed by atoms with E-state index in [1.54, 1.807) is 0 Å². The SMILES string of the molecule is CN1CCCC(OCC(=O)O)CC1. The number of carboxylic acids is 1. The van der Waals surface area contributed by atoms with E-state index in [9.17, 15) is 4.79 Å². The van der Waals surface area contributed by atoms with Gasteiger partial charge in [0.2, 0.25) is 0 Å². The molecule has 1 aliphatic heterocycles. The van der Waals surface area contributed by atoms with Crippen molar-refractivity contribution in [2.75, 3.05) is 26.7 Å². The van der Waals surface area contributed by atoms with Crippen molar-refractivity contribution in [2.45, 2.75) is 25.4 Å². The molecular weight excluding hydrogens is 170 g/mol. The van der Waals surface area contributed by atoms with Crippen molar-refractivity contribution in [3.05, 3.63) is 0 Å². The van der Waals surface area contributed by atoms with Gasteiger partial charge in [0.05, 0.1) is 6.10 Å². The minimum absolute atomic E-state index is 0.140. The monoisotopic (exact) mass is 187 g/mol. The third kappa shape index (κ3) is 4.24. The molecule has 76 valence electrons. The fourth-order valence-corrected chi connectivity index (χ4v) is 1.57. The number of likely N-dealkylation sites (tertiary alicyclic amines) is 1. The molecule has 0 radical (unpaired) electrons. The zero-order valence-corrected chi connectivity index (χ0v) is 8.03. The van der Waals surface area contributed by atoms with E-state index in [2.05, 4.69) is 11.9 Å². The molecule has 0 aromatic carbocycles. The Morgan fingerprint density at radius 1 is 1.54 bits per heavy atom. The average molecular weight is 187 g/mol. The molecular formula is C9H17NO3. The predicted octanol–water partition coefficient (Wildman–Crippen LogP) is 0.572. The molecule has 1 aliphatic rings. The Labute approximate surface area is 78.5 Å². The van der Waals surface area contributed by atoms with E-state index in [0.717, 1.165) is 32.4 Å². The smallest absolute Gasteiger partial charge is 0.329 e. The molecule has 13 heavy (non-hydrogen) atoms. The Balaban J connectivity index is 2.22. The van der Waals surface area contributed by atoms with Gasteiger partial charge in [-0.25, -0.2) is 4.79 Å². The Kier molecular flexibility index (Phi) is 4.18. The number of carbonyl (C=O) groups is 1. The van der Waals surface area contributed by atoms with Crippen LogP contribution in [0.3, 0.4) is 0 Å². The number of nitrogens with zero attached hydrogens (tertiary/aromatic N) is 1. The van der Waals surface area contributed by atoms with Crippen LogP contribution in [-0.4, -0.2) is 48.8 Å². The van der Waals surface area contributed by atoms with Gasteiger partial charge in [0.1, 0.15) is 6.61 Å². The Bertz CT molecular complexity index is 172. The quantitative estimate of drug-likeness (QED) is 0.702. The van der Waals surface area contributed by atoms with Crippen LogP contribution < -0.4 is 0 Å². The van der Waals surface area contributed by atoms with E-state index >= 15 is 0 Å². The van der Waals surface area contributed by atoms with Crippen molar-refractivity contribution in [1.29, 1.82) is 0 Å². The Hall–Kier alpha value is -0.610. The molecule has 0 aromatic rings. The first-order valence-corrected chi connectivity index (χ1v) is 4.70. The highest BCUT2D eigenvalue weighted by Gasteiger charge is 2.15. The summed E-state index contributed by atoms with van der Waals surface area (Å²) in [6.45, 7) is 1.94. The molecule has 4 heteroatoms. The molecule has 1 atom stereocenters. The van der Waals surface area contributed by atoms with E-state index in [-0.39, 0.29) is 12.7 Å². The first-order chi connectivity index (χ1) is 6.18. The van der Waals surface area contributed by atoms with Gasteiger partial charge in [0.25, 0.3) is 0 Å². The normalized spacial score (nSPS) is 25.5. The summed E-state index contributed by atoms with van der Waals surface area (Å²) in [4.78, 5) is 12.5. The highest BCUT2D eigenvalue weighted by Crippen LogP contribution is 2.12. The number of carboxylic acid groups (broad SMARTS) is 1. The maximum Gasteiger partial charge on any atom is 0.329 e. The maximum absolute atomic E-state index is 10.3. The highest BCUT2D eigenvalue weighted by molar-refractivity contribution is 5.68. The van der Waals surface area contributed by atoms with Crippen molar-refractivity contribution in [1.82, 2.24) is 4.90 Å². The van der Waals surface area contributed by atoms with Crippen LogP contribution >= 0.6 is 0 Å². The summed E-state index contributed by atoms with van der Waals surface area (Å²) in [7, 11) is 2.08. The fraction of sp³-hybridized carbons (Fsp3) is 0.889. The van der Waals surface area contributed by atoms with Gasteiger partial charge in [-0.3, -0.25) is 0 Å². The third-order valence-corrected chi connectivity index (χ3v) is 2.34. The van der Waals surface area contributed by atoms with Crippen LogP contribution in [0.15, 0.2) is 0 Å². The van der Waals surface area contributed by atoms with Crippen LogP contribution in [0.2, 0.25) is 0 Å². The van der Waals surface area contributed by atoms with E-state index in [4.69, 9.17) is 9.84 Å². The lowest BCUT2D eigenvalue weighted by atomic mass is 10.2. The largest absolute Gasteiger partial charge is 0.480 e. The summed E-state index contributed by atoms with van der Waals surface area (Å²) in [5, 5.41) is 8.43. The molecule has 4 nitrogen and oxygen atoms in total. The van der Waals surface area contributed by atoms with Crippen LogP contribution in [0.4, 0.5) is 0 Å². The fourth-order valence-electron chi connectivity index (χ4n) is 1.57. The Morgan fingerprint density at radius 3 is 3.00 bits per heavy atom. The molecule has 1 fully saturated rings. The minimum atomic E-state index is -0.877. The number of aliphatic carboxylic acids is 1.